The van der Waals surface area contributed by atoms with Gasteiger partial charge < -0.3 is 19.1 Å². The van der Waals surface area contributed by atoms with Crippen molar-refractivity contribution in [2.24, 2.45) is 0 Å². The number of ether oxygens (including phenoxy) is 3. The first-order valence-corrected chi connectivity index (χ1v) is 9.72. The number of aromatic nitrogens is 2. The van der Waals surface area contributed by atoms with Gasteiger partial charge in [-0.05, 0) is 44.9 Å². The number of hydrogen-bond acceptors (Lipinski definition) is 7. The van der Waals surface area contributed by atoms with E-state index in [9.17, 15) is 4.79 Å². The van der Waals surface area contributed by atoms with Crippen molar-refractivity contribution in [3.63, 3.8) is 0 Å². The summed E-state index contributed by atoms with van der Waals surface area (Å²) in [5.74, 6) is 1.29. The summed E-state index contributed by atoms with van der Waals surface area (Å²) < 4.78 is 17.1. The molecule has 1 amide bonds. The molecule has 0 aliphatic carbocycles. The van der Waals surface area contributed by atoms with Gasteiger partial charge in [0.15, 0.2) is 11.5 Å². The van der Waals surface area contributed by atoms with Gasteiger partial charge in [0, 0.05) is 24.5 Å². The number of nitrogens with zero attached hydrogens (tertiary/aromatic N) is 4. The van der Waals surface area contributed by atoms with E-state index in [1.165, 1.54) is 12.4 Å². The Morgan fingerprint density at radius 3 is 2.72 bits per heavy atom. The van der Waals surface area contributed by atoms with Crippen molar-refractivity contribution in [2.45, 2.75) is 32.8 Å². The molecule has 1 fully saturated rings. The highest BCUT2D eigenvalue weighted by Crippen LogP contribution is 2.29. The first-order chi connectivity index (χ1) is 14.2. The minimum absolute atomic E-state index is 0.0954. The molecule has 0 radical (unpaired) electrons. The predicted molar refractivity (Wildman–Crippen MR) is 105 cm³/mol. The Kier molecular flexibility index (Phi) is 6.85. The quantitative estimate of drug-likeness (QED) is 0.710. The van der Waals surface area contributed by atoms with Gasteiger partial charge in [-0.15, -0.1) is 0 Å². The number of rotatable bonds is 7. The zero-order valence-corrected chi connectivity index (χ0v) is 16.6. The molecule has 0 saturated carbocycles. The van der Waals surface area contributed by atoms with Crippen LogP contribution >= 0.6 is 0 Å². The molecule has 1 aliphatic rings. The summed E-state index contributed by atoms with van der Waals surface area (Å²) in [5, 5.41) is 9.15. The molecule has 0 bridgehead atoms. The van der Waals surface area contributed by atoms with Crippen LogP contribution in [0.15, 0.2) is 30.6 Å². The van der Waals surface area contributed by atoms with Gasteiger partial charge in [0.05, 0.1) is 19.8 Å². The SMILES string of the molecule is CCOc1ccc(C(=O)N2CCCC(Oc3nccnc3C#N)C2)cc1OCC. The maximum atomic E-state index is 13.0. The summed E-state index contributed by atoms with van der Waals surface area (Å²) in [6, 6.07) is 7.20. The number of amides is 1. The molecule has 1 aromatic carbocycles. The van der Waals surface area contributed by atoms with Gasteiger partial charge in [0.1, 0.15) is 12.2 Å². The van der Waals surface area contributed by atoms with Crippen molar-refractivity contribution < 1.29 is 19.0 Å². The van der Waals surface area contributed by atoms with E-state index in [0.717, 1.165) is 12.8 Å². The lowest BCUT2D eigenvalue weighted by Crippen LogP contribution is -2.44. The molecule has 8 nitrogen and oxygen atoms in total. The molecule has 1 aromatic heterocycles. The number of hydrogen-bond donors (Lipinski definition) is 0. The first kappa shape index (κ1) is 20.4. The zero-order chi connectivity index (χ0) is 20.6. The Hall–Kier alpha value is -3.34. The Morgan fingerprint density at radius 1 is 1.21 bits per heavy atom. The lowest BCUT2D eigenvalue weighted by atomic mass is 10.1. The van der Waals surface area contributed by atoms with Crippen LogP contribution in [0, 0.1) is 11.3 Å². The molecule has 2 aromatic rings. The van der Waals surface area contributed by atoms with Gasteiger partial charge in [-0.25, -0.2) is 9.97 Å². The molecule has 1 aliphatic heterocycles. The number of carbonyl (C=O) groups excluding carboxylic acids is 1. The van der Waals surface area contributed by atoms with Crippen molar-refractivity contribution in [1.82, 2.24) is 14.9 Å². The van der Waals surface area contributed by atoms with Crippen LogP contribution in [0.4, 0.5) is 0 Å². The molecule has 1 unspecified atom stereocenters. The summed E-state index contributed by atoms with van der Waals surface area (Å²) in [5.41, 5.74) is 0.679. The molecular formula is C21H24N4O4. The topological polar surface area (TPSA) is 97.6 Å². The van der Waals surface area contributed by atoms with E-state index >= 15 is 0 Å². The van der Waals surface area contributed by atoms with Gasteiger partial charge in [0.2, 0.25) is 5.69 Å². The highest BCUT2D eigenvalue weighted by Gasteiger charge is 2.27. The van der Waals surface area contributed by atoms with Crippen LogP contribution in [0.5, 0.6) is 17.4 Å². The Morgan fingerprint density at radius 2 is 1.97 bits per heavy atom. The predicted octanol–water partition coefficient (Wildman–Crippen LogP) is 2.83. The minimum Gasteiger partial charge on any atom is -0.490 e. The number of piperidine rings is 1. The molecule has 8 heteroatoms. The molecule has 2 heterocycles. The Bertz CT molecular complexity index is 896. The van der Waals surface area contributed by atoms with Crippen LogP contribution in [0.2, 0.25) is 0 Å². The van der Waals surface area contributed by atoms with Crippen molar-refractivity contribution in [3.8, 4) is 23.4 Å². The first-order valence-electron chi connectivity index (χ1n) is 9.72. The van der Waals surface area contributed by atoms with Crippen LogP contribution in [0.3, 0.4) is 0 Å². The van der Waals surface area contributed by atoms with E-state index in [4.69, 9.17) is 19.5 Å². The Labute approximate surface area is 170 Å². The number of nitriles is 1. The van der Waals surface area contributed by atoms with E-state index < -0.39 is 0 Å². The number of benzene rings is 1. The van der Waals surface area contributed by atoms with Gasteiger partial charge >= 0.3 is 0 Å². The maximum absolute atomic E-state index is 13.0. The smallest absolute Gasteiger partial charge is 0.254 e. The molecule has 0 N–H and O–H groups in total. The summed E-state index contributed by atoms with van der Waals surface area (Å²) in [7, 11) is 0. The number of likely N-dealkylation sites (tertiary alicyclic amines) is 1. The van der Waals surface area contributed by atoms with Crippen LogP contribution in [0.25, 0.3) is 0 Å². The lowest BCUT2D eigenvalue weighted by Gasteiger charge is -2.32. The Balaban J connectivity index is 1.72. The number of carbonyl (C=O) groups is 1. The third-order valence-corrected chi connectivity index (χ3v) is 4.50. The van der Waals surface area contributed by atoms with E-state index in [1.54, 1.807) is 23.1 Å². The van der Waals surface area contributed by atoms with Gasteiger partial charge in [-0.2, -0.15) is 5.26 Å². The molecule has 3 rings (SSSR count). The lowest BCUT2D eigenvalue weighted by molar-refractivity contribution is 0.0525. The van der Waals surface area contributed by atoms with Crippen LogP contribution in [-0.2, 0) is 0 Å². The average Bonchev–Trinajstić information content (AvgIpc) is 2.75. The third kappa shape index (κ3) is 4.93. The van der Waals surface area contributed by atoms with Crippen molar-refractivity contribution in [1.29, 1.82) is 5.26 Å². The standard InChI is InChI=1S/C21H24N4O4/c1-3-27-18-8-7-15(12-19(18)28-4-2)21(26)25-11-5-6-16(14-25)29-20-17(13-22)23-9-10-24-20/h7-10,12,16H,3-6,11,14H2,1-2H3. The summed E-state index contributed by atoms with van der Waals surface area (Å²) in [4.78, 5) is 22.8. The fraction of sp³-hybridized carbons (Fsp3) is 0.429. The molecule has 1 saturated heterocycles. The van der Waals surface area contributed by atoms with Crippen molar-refractivity contribution in [3.05, 3.63) is 41.9 Å². The van der Waals surface area contributed by atoms with E-state index in [-0.39, 0.29) is 23.6 Å². The highest BCUT2D eigenvalue weighted by atomic mass is 16.5. The van der Waals surface area contributed by atoms with E-state index in [0.29, 0.717) is 43.4 Å². The molecule has 1 atom stereocenters. The summed E-state index contributed by atoms with van der Waals surface area (Å²) in [6.45, 7) is 5.84. The van der Waals surface area contributed by atoms with Crippen molar-refractivity contribution >= 4 is 5.91 Å². The van der Waals surface area contributed by atoms with Crippen LogP contribution < -0.4 is 14.2 Å². The third-order valence-electron chi connectivity index (χ3n) is 4.50. The van der Waals surface area contributed by atoms with Gasteiger partial charge in [-0.1, -0.05) is 0 Å². The largest absolute Gasteiger partial charge is 0.490 e. The van der Waals surface area contributed by atoms with E-state index in [1.807, 2.05) is 19.9 Å². The minimum atomic E-state index is -0.245. The van der Waals surface area contributed by atoms with Gasteiger partial charge in [-0.3, -0.25) is 4.79 Å². The second-order valence-electron chi connectivity index (χ2n) is 6.48. The van der Waals surface area contributed by atoms with Crippen molar-refractivity contribution in [2.75, 3.05) is 26.3 Å². The highest BCUT2D eigenvalue weighted by molar-refractivity contribution is 5.95. The monoisotopic (exact) mass is 396 g/mol. The van der Waals surface area contributed by atoms with E-state index in [2.05, 4.69) is 9.97 Å². The average molecular weight is 396 g/mol. The van der Waals surface area contributed by atoms with Crippen LogP contribution in [-0.4, -0.2) is 53.2 Å². The zero-order valence-electron chi connectivity index (χ0n) is 16.6. The second kappa shape index (κ2) is 9.73. The molecular weight excluding hydrogens is 372 g/mol. The van der Waals surface area contributed by atoms with Gasteiger partial charge in [0.25, 0.3) is 11.8 Å². The molecule has 29 heavy (non-hydrogen) atoms. The normalized spacial score (nSPS) is 16.0. The fourth-order valence-corrected chi connectivity index (χ4v) is 3.23. The second-order valence-corrected chi connectivity index (χ2v) is 6.48. The maximum Gasteiger partial charge on any atom is 0.254 e. The van der Waals surface area contributed by atoms with Crippen LogP contribution in [0.1, 0.15) is 42.7 Å². The molecule has 0 spiro atoms. The molecule has 152 valence electrons. The fourth-order valence-electron chi connectivity index (χ4n) is 3.23. The summed E-state index contributed by atoms with van der Waals surface area (Å²) >= 11 is 0. The summed E-state index contributed by atoms with van der Waals surface area (Å²) in [6.07, 6.45) is 4.26.